The van der Waals surface area contributed by atoms with Gasteiger partial charge < -0.3 is 5.32 Å². The van der Waals surface area contributed by atoms with Gasteiger partial charge in [-0.3, -0.25) is 5.43 Å². The molecule has 0 aliphatic heterocycles. The highest BCUT2D eigenvalue weighted by molar-refractivity contribution is 5.73. The summed E-state index contributed by atoms with van der Waals surface area (Å²) in [4.78, 5) is 11.1. The predicted molar refractivity (Wildman–Crippen MR) is 69.7 cm³/mol. The predicted octanol–water partition coefficient (Wildman–Crippen LogP) is 1.75. The molecule has 4 N–H and O–H groups in total. The van der Waals surface area contributed by atoms with E-state index in [1.165, 1.54) is 16.7 Å². The van der Waals surface area contributed by atoms with Crippen molar-refractivity contribution in [3.63, 3.8) is 0 Å². The number of hydrogen-bond donors (Lipinski definition) is 3. The molecule has 0 atom stereocenters. The van der Waals surface area contributed by atoms with E-state index in [9.17, 15) is 4.79 Å². The molecule has 0 aliphatic carbocycles. The van der Waals surface area contributed by atoms with E-state index in [0.29, 0.717) is 6.54 Å². The van der Waals surface area contributed by atoms with E-state index in [0.717, 1.165) is 0 Å². The summed E-state index contributed by atoms with van der Waals surface area (Å²) in [6.45, 7) is 8.90. The Bertz CT molecular complexity index is 413. The third kappa shape index (κ3) is 3.46. The zero-order valence-corrected chi connectivity index (χ0v) is 10.9. The molecular formula is C13H21N3O. The molecule has 2 amide bonds. The monoisotopic (exact) mass is 235 g/mol. The molecular weight excluding hydrogens is 214 g/mol. The Kier molecular flexibility index (Phi) is 4.12. The third-order valence-electron chi connectivity index (χ3n) is 2.93. The Hall–Kier alpha value is -1.55. The molecule has 1 aromatic rings. The summed E-state index contributed by atoms with van der Waals surface area (Å²) < 4.78 is 0. The fraction of sp³-hybridized carbons (Fsp3) is 0.462. The number of aryl methyl sites for hydroxylation is 2. The van der Waals surface area contributed by atoms with Crippen molar-refractivity contribution in [3.8, 4) is 0 Å². The van der Waals surface area contributed by atoms with Crippen LogP contribution in [0.2, 0.25) is 0 Å². The number of carbonyl (C=O) groups is 1. The minimum atomic E-state index is -0.358. The lowest BCUT2D eigenvalue weighted by Crippen LogP contribution is -2.45. The maximum atomic E-state index is 11.1. The van der Waals surface area contributed by atoms with Gasteiger partial charge in [-0.15, -0.1) is 0 Å². The van der Waals surface area contributed by atoms with E-state index in [2.05, 4.69) is 56.6 Å². The first kappa shape index (κ1) is 13.5. The summed E-state index contributed by atoms with van der Waals surface area (Å²) in [7, 11) is 0. The van der Waals surface area contributed by atoms with E-state index in [-0.39, 0.29) is 11.4 Å². The van der Waals surface area contributed by atoms with Gasteiger partial charge in [0.05, 0.1) is 0 Å². The number of carbonyl (C=O) groups excluding carboxylic acids is 1. The molecule has 0 saturated carbocycles. The molecule has 4 nitrogen and oxygen atoms in total. The maximum Gasteiger partial charge on any atom is 0.328 e. The van der Waals surface area contributed by atoms with Crippen LogP contribution in [0.5, 0.6) is 0 Å². The fourth-order valence-electron chi connectivity index (χ4n) is 2.02. The van der Waals surface area contributed by atoms with Crippen molar-refractivity contribution in [1.82, 2.24) is 10.7 Å². The fourth-order valence-corrected chi connectivity index (χ4v) is 2.02. The van der Waals surface area contributed by atoms with Gasteiger partial charge in [0, 0.05) is 12.0 Å². The Balaban J connectivity index is 2.85. The van der Waals surface area contributed by atoms with Crippen LogP contribution in [0.15, 0.2) is 18.2 Å². The Morgan fingerprint density at radius 3 is 2.53 bits per heavy atom. The molecule has 0 saturated heterocycles. The van der Waals surface area contributed by atoms with Crippen molar-refractivity contribution in [2.45, 2.75) is 33.1 Å². The molecule has 4 heteroatoms. The van der Waals surface area contributed by atoms with Crippen molar-refractivity contribution in [1.29, 1.82) is 0 Å². The van der Waals surface area contributed by atoms with Crippen molar-refractivity contribution in [2.24, 2.45) is 5.84 Å². The topological polar surface area (TPSA) is 67.2 Å². The number of hydrogen-bond acceptors (Lipinski definition) is 2. The lowest BCUT2D eigenvalue weighted by Gasteiger charge is -2.27. The van der Waals surface area contributed by atoms with Gasteiger partial charge in [0.1, 0.15) is 0 Å². The van der Waals surface area contributed by atoms with Crippen LogP contribution in [0.3, 0.4) is 0 Å². The van der Waals surface area contributed by atoms with Gasteiger partial charge in [-0.25, -0.2) is 10.6 Å². The molecule has 94 valence electrons. The number of amides is 2. The average molecular weight is 235 g/mol. The van der Waals surface area contributed by atoms with Gasteiger partial charge in [0.15, 0.2) is 0 Å². The first-order valence-electron chi connectivity index (χ1n) is 5.69. The first-order valence-corrected chi connectivity index (χ1v) is 5.69. The van der Waals surface area contributed by atoms with Gasteiger partial charge in [0.25, 0.3) is 0 Å². The van der Waals surface area contributed by atoms with E-state index in [1.54, 1.807) is 0 Å². The number of hydrazine groups is 1. The summed E-state index contributed by atoms with van der Waals surface area (Å²) in [5.74, 6) is 5.03. The van der Waals surface area contributed by atoms with Crippen molar-refractivity contribution in [3.05, 3.63) is 34.9 Å². The molecule has 0 bridgehead atoms. The van der Waals surface area contributed by atoms with Crippen LogP contribution < -0.4 is 16.6 Å². The summed E-state index contributed by atoms with van der Waals surface area (Å²) >= 11 is 0. The second kappa shape index (κ2) is 5.19. The summed E-state index contributed by atoms with van der Waals surface area (Å²) in [6, 6.07) is 6.00. The van der Waals surface area contributed by atoms with Gasteiger partial charge in [-0.05, 0) is 25.0 Å². The lowest BCUT2D eigenvalue weighted by atomic mass is 9.81. The molecule has 0 aromatic heterocycles. The van der Waals surface area contributed by atoms with Crippen molar-refractivity contribution < 1.29 is 4.79 Å². The second-order valence-electron chi connectivity index (χ2n) is 5.03. The zero-order chi connectivity index (χ0) is 13.1. The van der Waals surface area contributed by atoms with Gasteiger partial charge >= 0.3 is 6.03 Å². The molecule has 0 fully saturated rings. The minimum Gasteiger partial charge on any atom is -0.336 e. The molecule has 0 radical (unpaired) electrons. The number of nitrogens with two attached hydrogens (primary N) is 1. The minimum absolute atomic E-state index is 0.121. The van der Waals surface area contributed by atoms with Crippen LogP contribution in [0.4, 0.5) is 4.79 Å². The van der Waals surface area contributed by atoms with Crippen LogP contribution in [-0.4, -0.2) is 12.6 Å². The third-order valence-corrected chi connectivity index (χ3v) is 2.93. The Labute approximate surface area is 103 Å². The molecule has 0 aliphatic rings. The van der Waals surface area contributed by atoms with Crippen LogP contribution in [0.1, 0.15) is 30.5 Å². The smallest absolute Gasteiger partial charge is 0.328 e. The summed E-state index contributed by atoms with van der Waals surface area (Å²) in [5.41, 5.74) is 5.66. The Morgan fingerprint density at radius 1 is 1.35 bits per heavy atom. The quantitative estimate of drug-likeness (QED) is 0.424. The van der Waals surface area contributed by atoms with Crippen LogP contribution >= 0.6 is 0 Å². The molecule has 0 unspecified atom stereocenters. The molecule has 17 heavy (non-hydrogen) atoms. The standard InChI is InChI=1S/C13H21N3O/c1-9-5-6-11(10(2)7-9)13(3,4)8-15-12(17)16-14/h5-7H,8,14H2,1-4H3,(H2,15,16,17). The average Bonchev–Trinajstić information content (AvgIpc) is 2.25. The van der Waals surface area contributed by atoms with E-state index in [1.807, 2.05) is 0 Å². The molecule has 1 rings (SSSR count). The van der Waals surface area contributed by atoms with Gasteiger partial charge in [0.2, 0.25) is 0 Å². The first-order chi connectivity index (χ1) is 7.86. The zero-order valence-electron chi connectivity index (χ0n) is 10.9. The highest BCUT2D eigenvalue weighted by atomic mass is 16.2. The van der Waals surface area contributed by atoms with Crippen LogP contribution in [0.25, 0.3) is 0 Å². The second-order valence-corrected chi connectivity index (χ2v) is 5.03. The van der Waals surface area contributed by atoms with E-state index < -0.39 is 0 Å². The number of benzene rings is 1. The van der Waals surface area contributed by atoms with Crippen molar-refractivity contribution >= 4 is 6.03 Å². The van der Waals surface area contributed by atoms with Gasteiger partial charge in [-0.2, -0.15) is 0 Å². The summed E-state index contributed by atoms with van der Waals surface area (Å²) in [5, 5.41) is 2.74. The maximum absolute atomic E-state index is 11.1. The summed E-state index contributed by atoms with van der Waals surface area (Å²) in [6.07, 6.45) is 0. The van der Waals surface area contributed by atoms with E-state index >= 15 is 0 Å². The SMILES string of the molecule is Cc1ccc(C(C)(C)CNC(=O)NN)c(C)c1. The largest absolute Gasteiger partial charge is 0.336 e. The lowest BCUT2D eigenvalue weighted by molar-refractivity contribution is 0.238. The van der Waals surface area contributed by atoms with Crippen LogP contribution in [-0.2, 0) is 5.41 Å². The number of nitrogens with one attached hydrogen (secondary N) is 2. The molecule has 1 aromatic carbocycles. The van der Waals surface area contributed by atoms with E-state index in [4.69, 9.17) is 5.84 Å². The highest BCUT2D eigenvalue weighted by Crippen LogP contribution is 2.26. The normalized spacial score (nSPS) is 11.1. The number of rotatable bonds is 3. The van der Waals surface area contributed by atoms with Gasteiger partial charge in [-0.1, -0.05) is 37.6 Å². The van der Waals surface area contributed by atoms with Crippen LogP contribution in [0, 0.1) is 13.8 Å². The highest BCUT2D eigenvalue weighted by Gasteiger charge is 2.22. The van der Waals surface area contributed by atoms with Crippen molar-refractivity contribution in [2.75, 3.05) is 6.54 Å². The Morgan fingerprint density at radius 2 is 2.00 bits per heavy atom. The molecule has 0 spiro atoms. The number of urea groups is 1. The molecule has 0 heterocycles.